The molecule has 11 heavy (non-hydrogen) atoms. The third-order valence-electron chi connectivity index (χ3n) is 0.333. The van der Waals surface area contributed by atoms with Gasteiger partial charge in [0.05, 0.1) is 11.9 Å². The molecule has 66 valence electrons. The first-order valence-electron chi connectivity index (χ1n) is 2.34. The van der Waals surface area contributed by atoms with Crippen molar-refractivity contribution in [2.45, 2.75) is 0 Å². The molecule has 0 heterocycles. The van der Waals surface area contributed by atoms with Crippen LogP contribution in [0.15, 0.2) is 0 Å². The monoisotopic (exact) mass is 250 g/mol. The second-order valence-electron chi connectivity index (χ2n) is 1.15. The van der Waals surface area contributed by atoms with Crippen molar-refractivity contribution in [3.63, 3.8) is 0 Å². The van der Waals surface area contributed by atoms with Gasteiger partial charge >= 0.3 is 19.5 Å². The van der Waals surface area contributed by atoms with Crippen molar-refractivity contribution in [1.29, 1.82) is 0 Å². The van der Waals surface area contributed by atoms with Crippen LogP contribution in [0.1, 0.15) is 0 Å². The average molecular weight is 249 g/mol. The molecule has 0 radical (unpaired) electrons. The molecular weight excluding hydrogens is 241 g/mol. The first kappa shape index (κ1) is 16.8. The number of carboxylic acids is 2. The molecule has 0 unspecified atom stereocenters. The minimum atomic E-state index is -1.22. The third kappa shape index (κ3) is 43.8. The predicted molar refractivity (Wildman–Crippen MR) is 28.1 cm³/mol. The van der Waals surface area contributed by atoms with E-state index in [-0.39, 0.29) is 32.6 Å². The van der Waals surface area contributed by atoms with E-state index >= 15 is 0 Å². The van der Waals surface area contributed by atoms with Gasteiger partial charge in [-0.05, 0) is 0 Å². The summed E-state index contributed by atoms with van der Waals surface area (Å²) in [4.78, 5) is 18.3. The normalized spacial score (nSPS) is 6.73. The Balaban J connectivity index is -0.000000107. The molecule has 0 bridgehead atoms. The molecule has 0 aromatic heterocycles. The molecule has 7 heteroatoms. The topological polar surface area (TPSA) is 132 Å². The summed E-state index contributed by atoms with van der Waals surface area (Å²) in [7, 11) is 0. The van der Waals surface area contributed by atoms with Crippen LogP contribution in [0.3, 0.4) is 0 Å². The molecule has 0 saturated heterocycles. The average Bonchev–Trinajstić information content (AvgIpc) is 1.89. The van der Waals surface area contributed by atoms with E-state index in [0.29, 0.717) is 0 Å². The summed E-state index contributed by atoms with van der Waals surface area (Å²) < 4.78 is 0. The first-order chi connectivity index (χ1) is 4.54. The Kier molecular flexibility index (Phi) is 18.7. The molecule has 0 aromatic carbocycles. The molecule has 0 atom stereocenters. The van der Waals surface area contributed by atoms with Crippen LogP contribution in [0.4, 0.5) is 0 Å². The fourth-order valence-corrected chi connectivity index (χ4v) is 0. The fraction of sp³-hybridized carbons (Fsp3) is 0.500. The van der Waals surface area contributed by atoms with Crippen LogP contribution < -0.4 is 21.7 Å². The van der Waals surface area contributed by atoms with E-state index in [1.807, 2.05) is 0 Å². The molecule has 4 N–H and O–H groups in total. The standard InChI is InChI=1S/2C2H5NO2.Ru/c2*3-1-2(4)5;/h2*1,3H2,(H,4,5);/q;;+2/p-2. The van der Waals surface area contributed by atoms with E-state index in [2.05, 4.69) is 11.5 Å². The van der Waals surface area contributed by atoms with Gasteiger partial charge < -0.3 is 31.3 Å². The van der Waals surface area contributed by atoms with Crippen LogP contribution in [0.5, 0.6) is 0 Å². The van der Waals surface area contributed by atoms with Crippen LogP contribution in [0, 0.1) is 0 Å². The SMILES string of the molecule is NCC(=O)[O-].NCC(=O)[O-].[Ru+2]. The second kappa shape index (κ2) is 12.2. The Morgan fingerprint density at radius 3 is 1.09 bits per heavy atom. The summed E-state index contributed by atoms with van der Waals surface area (Å²) >= 11 is 0. The molecule has 0 fully saturated rings. The summed E-state index contributed by atoms with van der Waals surface area (Å²) in [6, 6.07) is 0. The number of rotatable bonds is 2. The number of carboxylic acid groups (broad SMARTS) is 2. The van der Waals surface area contributed by atoms with Crippen LogP contribution in [-0.2, 0) is 29.1 Å². The van der Waals surface area contributed by atoms with Gasteiger partial charge in [0.15, 0.2) is 0 Å². The van der Waals surface area contributed by atoms with Crippen molar-refractivity contribution in [3.05, 3.63) is 0 Å². The number of nitrogens with two attached hydrogens (primary N) is 2. The van der Waals surface area contributed by atoms with E-state index in [9.17, 15) is 0 Å². The molecule has 0 rings (SSSR count). The van der Waals surface area contributed by atoms with Crippen LogP contribution >= 0.6 is 0 Å². The van der Waals surface area contributed by atoms with E-state index in [1.165, 1.54) is 0 Å². The maximum absolute atomic E-state index is 9.13. The Hall–Kier alpha value is -0.517. The van der Waals surface area contributed by atoms with Gasteiger partial charge in [-0.15, -0.1) is 0 Å². The molecule has 0 amide bonds. The summed E-state index contributed by atoms with van der Waals surface area (Å²) in [5.41, 5.74) is 9.02. The van der Waals surface area contributed by atoms with Gasteiger partial charge in [-0.25, -0.2) is 0 Å². The molecule has 0 aromatic rings. The van der Waals surface area contributed by atoms with E-state index < -0.39 is 11.9 Å². The quantitative estimate of drug-likeness (QED) is 0.473. The van der Waals surface area contributed by atoms with Gasteiger partial charge in [-0.1, -0.05) is 0 Å². The van der Waals surface area contributed by atoms with Gasteiger partial charge in [0, 0.05) is 13.1 Å². The zero-order chi connectivity index (χ0) is 8.57. The fourth-order valence-electron chi connectivity index (χ4n) is 0. The number of hydrogen-bond acceptors (Lipinski definition) is 6. The Labute approximate surface area is 76.3 Å². The van der Waals surface area contributed by atoms with Crippen LogP contribution in [0.2, 0.25) is 0 Å². The summed E-state index contributed by atoms with van der Waals surface area (Å²) in [5, 5.41) is 18.3. The first-order valence-corrected chi connectivity index (χ1v) is 2.34. The summed E-state index contributed by atoms with van der Waals surface area (Å²) in [6.45, 7) is -0.778. The Bertz CT molecular complexity index is 105. The van der Waals surface area contributed by atoms with Gasteiger partial charge in [0.1, 0.15) is 0 Å². The van der Waals surface area contributed by atoms with Crippen molar-refractivity contribution < 1.29 is 39.3 Å². The van der Waals surface area contributed by atoms with Crippen molar-refractivity contribution in [2.24, 2.45) is 11.5 Å². The van der Waals surface area contributed by atoms with Crippen molar-refractivity contribution in [3.8, 4) is 0 Å². The third-order valence-corrected chi connectivity index (χ3v) is 0.333. The minimum absolute atomic E-state index is 0. The molecular formula is C4H8N2O4Ru. The second-order valence-corrected chi connectivity index (χ2v) is 1.15. The van der Waals surface area contributed by atoms with Crippen molar-refractivity contribution in [2.75, 3.05) is 13.1 Å². The maximum Gasteiger partial charge on any atom is 2.00 e. The number of hydrogen-bond donors (Lipinski definition) is 2. The van der Waals surface area contributed by atoms with E-state index in [0.717, 1.165) is 0 Å². The Morgan fingerprint density at radius 1 is 1.00 bits per heavy atom. The van der Waals surface area contributed by atoms with E-state index in [4.69, 9.17) is 19.8 Å². The number of carbonyl (C=O) groups excluding carboxylic acids is 2. The number of aliphatic carboxylic acids is 2. The number of carbonyl (C=O) groups is 2. The van der Waals surface area contributed by atoms with Crippen molar-refractivity contribution in [1.82, 2.24) is 0 Å². The van der Waals surface area contributed by atoms with Crippen molar-refractivity contribution >= 4 is 11.9 Å². The Morgan fingerprint density at radius 2 is 1.09 bits per heavy atom. The van der Waals surface area contributed by atoms with E-state index in [1.54, 1.807) is 0 Å². The van der Waals surface area contributed by atoms with Gasteiger partial charge in [0.25, 0.3) is 0 Å². The van der Waals surface area contributed by atoms with Crippen LogP contribution in [-0.4, -0.2) is 25.0 Å². The summed E-state index contributed by atoms with van der Waals surface area (Å²) in [5.74, 6) is -2.44. The summed E-state index contributed by atoms with van der Waals surface area (Å²) in [6.07, 6.45) is 0. The molecule has 6 nitrogen and oxygen atoms in total. The minimum Gasteiger partial charge on any atom is -0.549 e. The van der Waals surface area contributed by atoms with Gasteiger partial charge in [-0.2, -0.15) is 0 Å². The van der Waals surface area contributed by atoms with Gasteiger partial charge in [0.2, 0.25) is 0 Å². The molecule has 0 aliphatic heterocycles. The zero-order valence-electron chi connectivity index (χ0n) is 5.56. The molecule has 0 aliphatic carbocycles. The maximum atomic E-state index is 9.13. The molecule has 0 aliphatic rings. The largest absolute Gasteiger partial charge is 2.00 e. The molecule has 0 spiro atoms. The predicted octanol–water partition coefficient (Wildman–Crippen LogP) is -4.61. The van der Waals surface area contributed by atoms with Gasteiger partial charge in [-0.3, -0.25) is 0 Å². The zero-order valence-corrected chi connectivity index (χ0v) is 7.29. The van der Waals surface area contributed by atoms with Crippen LogP contribution in [0.25, 0.3) is 0 Å². The molecule has 0 saturated carbocycles. The smallest absolute Gasteiger partial charge is 0.549 e.